The SMILES string of the molecule is CCOC(=O)C(CC)(C(C)C)C(CC)(C(=O)O)C(C)C. The second kappa shape index (κ2) is 7.09. The first-order valence-corrected chi connectivity index (χ1v) is 7.59. The largest absolute Gasteiger partial charge is 0.481 e. The van der Waals surface area contributed by atoms with Gasteiger partial charge in [-0.3, -0.25) is 9.59 Å². The van der Waals surface area contributed by atoms with Gasteiger partial charge in [-0.2, -0.15) is 0 Å². The van der Waals surface area contributed by atoms with Crippen LogP contribution in [0.4, 0.5) is 0 Å². The molecule has 0 bridgehead atoms. The topological polar surface area (TPSA) is 63.6 Å². The maximum Gasteiger partial charge on any atom is 0.313 e. The molecule has 0 aliphatic heterocycles. The predicted molar refractivity (Wildman–Crippen MR) is 79.4 cm³/mol. The van der Waals surface area contributed by atoms with Gasteiger partial charge in [0.25, 0.3) is 0 Å². The van der Waals surface area contributed by atoms with Gasteiger partial charge in [-0.05, 0) is 31.6 Å². The summed E-state index contributed by atoms with van der Waals surface area (Å²) in [4.78, 5) is 24.8. The molecule has 0 fully saturated rings. The quantitative estimate of drug-likeness (QED) is 0.690. The minimum absolute atomic E-state index is 0.106. The molecule has 0 saturated heterocycles. The number of rotatable bonds is 8. The maximum atomic E-state index is 12.7. The Hall–Kier alpha value is -1.06. The van der Waals surface area contributed by atoms with E-state index in [4.69, 9.17) is 4.74 Å². The molecule has 0 spiro atoms. The number of hydrogen-bond acceptors (Lipinski definition) is 3. The van der Waals surface area contributed by atoms with Gasteiger partial charge in [0.2, 0.25) is 0 Å². The van der Waals surface area contributed by atoms with Crippen molar-refractivity contribution in [2.45, 2.75) is 61.3 Å². The van der Waals surface area contributed by atoms with E-state index in [1.165, 1.54) is 0 Å². The Balaban J connectivity index is 6.31. The van der Waals surface area contributed by atoms with E-state index in [0.717, 1.165) is 0 Å². The number of carboxylic acid groups (broad SMARTS) is 1. The Bertz CT molecular complexity index is 348. The van der Waals surface area contributed by atoms with Gasteiger partial charge in [0.05, 0.1) is 17.4 Å². The van der Waals surface area contributed by atoms with Gasteiger partial charge in [-0.25, -0.2) is 0 Å². The minimum Gasteiger partial charge on any atom is -0.481 e. The third-order valence-corrected chi connectivity index (χ3v) is 4.90. The van der Waals surface area contributed by atoms with Crippen molar-refractivity contribution < 1.29 is 19.4 Å². The zero-order valence-corrected chi connectivity index (χ0v) is 13.9. The van der Waals surface area contributed by atoms with Crippen molar-refractivity contribution in [3.8, 4) is 0 Å². The van der Waals surface area contributed by atoms with Gasteiger partial charge < -0.3 is 9.84 Å². The molecule has 0 radical (unpaired) electrons. The summed E-state index contributed by atoms with van der Waals surface area (Å²) in [6, 6.07) is 0. The van der Waals surface area contributed by atoms with Crippen molar-refractivity contribution in [3.63, 3.8) is 0 Å². The van der Waals surface area contributed by atoms with Crippen molar-refractivity contribution >= 4 is 11.9 Å². The van der Waals surface area contributed by atoms with E-state index in [9.17, 15) is 14.7 Å². The summed E-state index contributed by atoms with van der Waals surface area (Å²) in [5.74, 6) is -1.55. The van der Waals surface area contributed by atoms with Crippen LogP contribution < -0.4 is 0 Å². The van der Waals surface area contributed by atoms with Crippen LogP contribution in [0, 0.1) is 22.7 Å². The van der Waals surface area contributed by atoms with Crippen LogP contribution in [0.3, 0.4) is 0 Å². The smallest absolute Gasteiger partial charge is 0.313 e. The number of aliphatic carboxylic acids is 1. The van der Waals surface area contributed by atoms with Gasteiger partial charge in [-0.15, -0.1) is 0 Å². The summed E-state index contributed by atoms with van der Waals surface area (Å²) in [6.07, 6.45) is 0.868. The lowest BCUT2D eigenvalue weighted by Gasteiger charge is -2.50. The van der Waals surface area contributed by atoms with Crippen LogP contribution in [0.15, 0.2) is 0 Å². The van der Waals surface area contributed by atoms with Crippen LogP contribution in [0.25, 0.3) is 0 Å². The molecule has 0 heterocycles. The molecule has 4 heteroatoms. The van der Waals surface area contributed by atoms with Crippen molar-refractivity contribution in [3.05, 3.63) is 0 Å². The monoisotopic (exact) mass is 286 g/mol. The van der Waals surface area contributed by atoms with Crippen LogP contribution in [0.5, 0.6) is 0 Å². The summed E-state index contributed by atoms with van der Waals surface area (Å²) in [5, 5.41) is 9.92. The van der Waals surface area contributed by atoms with Crippen LogP contribution in [-0.2, 0) is 14.3 Å². The third kappa shape index (κ3) is 2.57. The van der Waals surface area contributed by atoms with Crippen LogP contribution in [-0.4, -0.2) is 23.7 Å². The fourth-order valence-electron chi connectivity index (χ4n) is 3.89. The van der Waals surface area contributed by atoms with Crippen LogP contribution in [0.2, 0.25) is 0 Å². The van der Waals surface area contributed by atoms with Crippen molar-refractivity contribution in [1.82, 2.24) is 0 Å². The third-order valence-electron chi connectivity index (χ3n) is 4.90. The fraction of sp³-hybridized carbons (Fsp3) is 0.875. The highest BCUT2D eigenvalue weighted by Crippen LogP contribution is 2.55. The molecule has 0 aromatic rings. The molecule has 2 unspecified atom stereocenters. The molecule has 0 rings (SSSR count). The zero-order chi connectivity index (χ0) is 16.1. The number of carbonyl (C=O) groups is 2. The highest BCUT2D eigenvalue weighted by Gasteiger charge is 2.62. The first kappa shape index (κ1) is 18.9. The van der Waals surface area contributed by atoms with Gasteiger partial charge >= 0.3 is 11.9 Å². The van der Waals surface area contributed by atoms with Gasteiger partial charge in [0, 0.05) is 0 Å². The summed E-state index contributed by atoms with van der Waals surface area (Å²) >= 11 is 0. The molecule has 0 aliphatic rings. The van der Waals surface area contributed by atoms with Gasteiger partial charge in [0.1, 0.15) is 0 Å². The Morgan fingerprint density at radius 3 is 1.55 bits per heavy atom. The van der Waals surface area contributed by atoms with E-state index >= 15 is 0 Å². The second-order valence-corrected chi connectivity index (χ2v) is 5.98. The van der Waals surface area contributed by atoms with E-state index in [0.29, 0.717) is 12.8 Å². The Kier molecular flexibility index (Phi) is 6.72. The summed E-state index contributed by atoms with van der Waals surface area (Å²) in [6.45, 7) is 13.3. The Morgan fingerprint density at radius 1 is 0.950 bits per heavy atom. The summed E-state index contributed by atoms with van der Waals surface area (Å²) in [5.41, 5.74) is -2.11. The minimum atomic E-state index is -1.11. The maximum absolute atomic E-state index is 12.7. The average molecular weight is 286 g/mol. The average Bonchev–Trinajstić information content (AvgIpc) is 2.34. The number of esters is 1. The van der Waals surface area contributed by atoms with E-state index < -0.39 is 16.8 Å². The van der Waals surface area contributed by atoms with Crippen molar-refractivity contribution in [1.29, 1.82) is 0 Å². The molecule has 0 aromatic heterocycles. The predicted octanol–water partition coefficient (Wildman–Crippen LogP) is 3.74. The van der Waals surface area contributed by atoms with Crippen molar-refractivity contribution in [2.24, 2.45) is 22.7 Å². The number of carbonyl (C=O) groups excluding carboxylic acids is 1. The molecular weight excluding hydrogens is 256 g/mol. The standard InChI is InChI=1S/C16H30O4/c1-8-15(11(4)5,13(17)18)16(9-2,12(6)7)14(19)20-10-3/h11-12H,8-10H2,1-7H3,(H,17,18). The van der Waals surface area contributed by atoms with E-state index in [1.54, 1.807) is 6.92 Å². The lowest BCUT2D eigenvalue weighted by atomic mass is 9.51. The molecule has 118 valence electrons. The van der Waals surface area contributed by atoms with Crippen LogP contribution >= 0.6 is 0 Å². The number of hydrogen-bond donors (Lipinski definition) is 1. The first-order valence-electron chi connectivity index (χ1n) is 7.59. The first-order chi connectivity index (χ1) is 9.18. The molecule has 1 N–H and O–H groups in total. The molecule has 0 aromatic carbocycles. The van der Waals surface area contributed by atoms with Crippen molar-refractivity contribution in [2.75, 3.05) is 6.61 Å². The highest BCUT2D eigenvalue weighted by molar-refractivity contribution is 5.88. The molecule has 4 nitrogen and oxygen atoms in total. The summed E-state index contributed by atoms with van der Waals surface area (Å²) in [7, 11) is 0. The highest BCUT2D eigenvalue weighted by atomic mass is 16.5. The molecule has 20 heavy (non-hydrogen) atoms. The molecule has 0 saturated carbocycles. The normalized spacial score (nSPS) is 17.6. The lowest BCUT2D eigenvalue weighted by Crippen LogP contribution is -2.58. The molecular formula is C16H30O4. The molecule has 2 atom stereocenters. The molecule has 0 amide bonds. The van der Waals surface area contributed by atoms with E-state index in [2.05, 4.69) is 0 Å². The van der Waals surface area contributed by atoms with Gasteiger partial charge in [0.15, 0.2) is 0 Å². The zero-order valence-electron chi connectivity index (χ0n) is 13.9. The lowest BCUT2D eigenvalue weighted by molar-refractivity contribution is -0.190. The fourth-order valence-corrected chi connectivity index (χ4v) is 3.89. The molecule has 0 aliphatic carbocycles. The van der Waals surface area contributed by atoms with Gasteiger partial charge in [-0.1, -0.05) is 41.5 Å². The second-order valence-electron chi connectivity index (χ2n) is 5.98. The van der Waals surface area contributed by atoms with E-state index in [1.807, 2.05) is 41.5 Å². The van der Waals surface area contributed by atoms with E-state index in [-0.39, 0.29) is 24.4 Å². The number of carboxylic acids is 1. The Labute approximate surface area is 122 Å². The Morgan fingerprint density at radius 2 is 1.35 bits per heavy atom. The summed E-state index contributed by atoms with van der Waals surface area (Å²) < 4.78 is 5.27. The van der Waals surface area contributed by atoms with Crippen LogP contribution in [0.1, 0.15) is 61.3 Å². The number of ether oxygens (including phenoxy) is 1.